The maximum absolute atomic E-state index is 13.0. The van der Waals surface area contributed by atoms with Crippen LogP contribution in [0, 0.1) is 11.7 Å². The van der Waals surface area contributed by atoms with Crippen molar-refractivity contribution in [2.45, 2.75) is 31.8 Å². The van der Waals surface area contributed by atoms with Gasteiger partial charge in [-0.15, -0.1) is 0 Å². The van der Waals surface area contributed by atoms with Crippen LogP contribution in [0.5, 0.6) is 0 Å². The average Bonchev–Trinajstić information content (AvgIpc) is 2.88. The Morgan fingerprint density at radius 2 is 2.29 bits per heavy atom. The largest absolute Gasteiger partial charge is 0.381 e. The zero-order valence-electron chi connectivity index (χ0n) is 12.4. The first-order valence-corrected chi connectivity index (χ1v) is 7.68. The number of halogens is 1. The molecule has 2 fully saturated rings. The lowest BCUT2D eigenvalue weighted by atomic mass is 9.89. The van der Waals surface area contributed by atoms with E-state index >= 15 is 0 Å². The van der Waals surface area contributed by atoms with Crippen LogP contribution in [0.3, 0.4) is 0 Å². The Balaban J connectivity index is 1.73. The summed E-state index contributed by atoms with van der Waals surface area (Å²) < 4.78 is 24.7. The van der Waals surface area contributed by atoms with E-state index in [1.165, 1.54) is 12.4 Å². The van der Waals surface area contributed by atoms with Crippen LogP contribution < -0.4 is 4.90 Å². The number of aromatic nitrogens is 2. The third kappa shape index (κ3) is 3.01. The molecule has 1 aromatic rings. The van der Waals surface area contributed by atoms with Crippen LogP contribution in [0.15, 0.2) is 12.4 Å². The van der Waals surface area contributed by atoms with Gasteiger partial charge < -0.3 is 14.4 Å². The van der Waals surface area contributed by atoms with E-state index in [9.17, 15) is 4.39 Å². The Morgan fingerprint density at radius 3 is 3.05 bits per heavy atom. The molecule has 1 spiro atoms. The van der Waals surface area contributed by atoms with E-state index in [1.807, 2.05) is 6.92 Å². The SMILES string of the molecule is CCOC[C@@H]1CCC[C@]12CN(c1ncc(F)cn1)CCO2. The van der Waals surface area contributed by atoms with E-state index in [0.717, 1.165) is 45.6 Å². The van der Waals surface area contributed by atoms with Gasteiger partial charge in [0.05, 0.1) is 37.8 Å². The van der Waals surface area contributed by atoms with Crippen molar-refractivity contribution < 1.29 is 13.9 Å². The van der Waals surface area contributed by atoms with Crippen molar-refractivity contribution >= 4 is 5.95 Å². The highest BCUT2D eigenvalue weighted by molar-refractivity contribution is 5.31. The van der Waals surface area contributed by atoms with E-state index < -0.39 is 5.82 Å². The molecule has 0 amide bonds. The van der Waals surface area contributed by atoms with Crippen molar-refractivity contribution in [3.8, 4) is 0 Å². The first-order valence-electron chi connectivity index (χ1n) is 7.68. The van der Waals surface area contributed by atoms with Crippen molar-refractivity contribution in [2.75, 3.05) is 37.8 Å². The number of morpholine rings is 1. The summed E-state index contributed by atoms with van der Waals surface area (Å²) in [4.78, 5) is 10.3. The average molecular weight is 295 g/mol. The molecular weight excluding hydrogens is 273 g/mol. The molecule has 0 bridgehead atoms. The molecular formula is C15H22FN3O2. The molecule has 2 atom stereocenters. The molecule has 1 saturated carbocycles. The summed E-state index contributed by atoms with van der Waals surface area (Å²) in [6.45, 7) is 5.66. The summed E-state index contributed by atoms with van der Waals surface area (Å²) in [5, 5.41) is 0. The van der Waals surface area contributed by atoms with Crippen LogP contribution >= 0.6 is 0 Å². The van der Waals surface area contributed by atoms with Crippen LogP contribution in [-0.4, -0.2) is 48.5 Å². The van der Waals surface area contributed by atoms with Gasteiger partial charge in [-0.1, -0.05) is 6.42 Å². The lowest BCUT2D eigenvalue weighted by molar-refractivity contribution is -0.0983. The molecule has 116 valence electrons. The quantitative estimate of drug-likeness (QED) is 0.850. The highest BCUT2D eigenvalue weighted by Crippen LogP contribution is 2.41. The first-order chi connectivity index (χ1) is 10.2. The topological polar surface area (TPSA) is 47.5 Å². The fourth-order valence-electron chi connectivity index (χ4n) is 3.45. The highest BCUT2D eigenvalue weighted by atomic mass is 19.1. The second-order valence-corrected chi connectivity index (χ2v) is 5.78. The van der Waals surface area contributed by atoms with E-state index in [-0.39, 0.29) is 5.60 Å². The lowest BCUT2D eigenvalue weighted by Gasteiger charge is -2.44. The van der Waals surface area contributed by atoms with Crippen molar-refractivity contribution in [3.63, 3.8) is 0 Å². The predicted molar refractivity (Wildman–Crippen MR) is 76.7 cm³/mol. The smallest absolute Gasteiger partial charge is 0.225 e. The molecule has 21 heavy (non-hydrogen) atoms. The maximum atomic E-state index is 13.0. The minimum absolute atomic E-state index is 0.162. The fourth-order valence-corrected chi connectivity index (χ4v) is 3.45. The van der Waals surface area contributed by atoms with Crippen molar-refractivity contribution in [2.24, 2.45) is 5.92 Å². The minimum atomic E-state index is -0.406. The molecule has 5 nitrogen and oxygen atoms in total. The van der Waals surface area contributed by atoms with E-state index in [1.54, 1.807) is 0 Å². The molecule has 2 aliphatic rings. The monoisotopic (exact) mass is 295 g/mol. The maximum Gasteiger partial charge on any atom is 0.225 e. The van der Waals surface area contributed by atoms with Gasteiger partial charge in [0.15, 0.2) is 5.82 Å². The van der Waals surface area contributed by atoms with E-state index in [2.05, 4.69) is 14.9 Å². The Hall–Kier alpha value is -1.27. The Bertz CT molecular complexity index is 470. The van der Waals surface area contributed by atoms with Gasteiger partial charge in [0.2, 0.25) is 5.95 Å². The Labute approximate surface area is 124 Å². The number of hydrogen-bond donors (Lipinski definition) is 0. The minimum Gasteiger partial charge on any atom is -0.381 e. The van der Waals surface area contributed by atoms with Gasteiger partial charge in [-0.25, -0.2) is 14.4 Å². The summed E-state index contributed by atoms with van der Waals surface area (Å²) in [5.41, 5.74) is -0.162. The molecule has 3 rings (SSSR count). The van der Waals surface area contributed by atoms with E-state index in [0.29, 0.717) is 18.5 Å². The van der Waals surface area contributed by atoms with Gasteiger partial charge in [-0.05, 0) is 19.8 Å². The number of rotatable bonds is 4. The first kappa shape index (κ1) is 14.7. The van der Waals surface area contributed by atoms with Crippen molar-refractivity contribution in [3.05, 3.63) is 18.2 Å². The molecule has 1 aliphatic heterocycles. The van der Waals surface area contributed by atoms with Gasteiger partial charge in [0.1, 0.15) is 0 Å². The van der Waals surface area contributed by atoms with Crippen molar-refractivity contribution in [1.29, 1.82) is 0 Å². The van der Waals surface area contributed by atoms with Crippen LogP contribution in [0.25, 0.3) is 0 Å². The Kier molecular flexibility index (Phi) is 4.35. The predicted octanol–water partition coefficient (Wildman–Crippen LogP) is 2.03. The molecule has 0 aromatic carbocycles. The van der Waals surface area contributed by atoms with E-state index in [4.69, 9.17) is 9.47 Å². The van der Waals surface area contributed by atoms with Crippen LogP contribution in [0.4, 0.5) is 10.3 Å². The molecule has 0 unspecified atom stereocenters. The third-order valence-electron chi connectivity index (χ3n) is 4.52. The zero-order valence-corrected chi connectivity index (χ0v) is 12.4. The normalized spacial score (nSPS) is 29.2. The number of nitrogens with zero attached hydrogens (tertiary/aromatic N) is 3. The fraction of sp³-hybridized carbons (Fsp3) is 0.733. The van der Waals surface area contributed by atoms with Gasteiger partial charge in [0.25, 0.3) is 0 Å². The third-order valence-corrected chi connectivity index (χ3v) is 4.52. The van der Waals surface area contributed by atoms with Gasteiger partial charge in [-0.2, -0.15) is 0 Å². The molecule has 1 aromatic heterocycles. The summed E-state index contributed by atoms with van der Waals surface area (Å²) >= 11 is 0. The van der Waals surface area contributed by atoms with Gasteiger partial charge in [-0.3, -0.25) is 0 Å². The number of anilines is 1. The summed E-state index contributed by atoms with van der Waals surface area (Å²) in [7, 11) is 0. The number of hydrogen-bond acceptors (Lipinski definition) is 5. The summed E-state index contributed by atoms with van der Waals surface area (Å²) in [6, 6.07) is 0. The summed E-state index contributed by atoms with van der Waals surface area (Å²) in [6.07, 6.45) is 5.78. The zero-order chi connectivity index (χ0) is 14.7. The highest BCUT2D eigenvalue weighted by Gasteiger charge is 2.47. The molecule has 1 saturated heterocycles. The van der Waals surface area contributed by atoms with Gasteiger partial charge >= 0.3 is 0 Å². The van der Waals surface area contributed by atoms with Crippen LogP contribution in [0.2, 0.25) is 0 Å². The van der Waals surface area contributed by atoms with Gasteiger partial charge in [0, 0.05) is 19.1 Å². The lowest BCUT2D eigenvalue weighted by Crippen LogP contribution is -2.55. The second kappa shape index (κ2) is 6.23. The molecule has 0 radical (unpaired) electrons. The van der Waals surface area contributed by atoms with Crippen LogP contribution in [-0.2, 0) is 9.47 Å². The molecule has 2 heterocycles. The molecule has 0 N–H and O–H groups in total. The standard InChI is InChI=1S/C15H22FN3O2/c1-2-20-10-12-4-3-5-15(12)11-19(6-7-21-15)14-17-8-13(16)9-18-14/h8-9,12H,2-7,10-11H2,1H3/t12-,15-/m0/s1. The molecule has 6 heteroatoms. The second-order valence-electron chi connectivity index (χ2n) is 5.78. The summed E-state index contributed by atoms with van der Waals surface area (Å²) in [5.74, 6) is 0.596. The van der Waals surface area contributed by atoms with Crippen LogP contribution in [0.1, 0.15) is 26.2 Å². The van der Waals surface area contributed by atoms with Crippen molar-refractivity contribution in [1.82, 2.24) is 9.97 Å². The number of ether oxygens (including phenoxy) is 2. The Morgan fingerprint density at radius 1 is 1.48 bits per heavy atom. The molecule has 1 aliphatic carbocycles.